The molecule has 0 aromatic carbocycles. The first-order valence-electron chi connectivity index (χ1n) is 7.61. The van der Waals surface area contributed by atoms with Gasteiger partial charge in [-0.25, -0.2) is 0 Å². The fraction of sp³-hybridized carbons (Fsp3) is 0.938. The largest absolute Gasteiger partial charge is 0.459 e. The molecular formula is C16H28O4. The van der Waals surface area contributed by atoms with E-state index in [1.54, 1.807) is 0 Å². The predicted octanol–water partition coefficient (Wildman–Crippen LogP) is 2.53. The van der Waals surface area contributed by atoms with Crippen LogP contribution in [0.25, 0.3) is 0 Å². The van der Waals surface area contributed by atoms with Gasteiger partial charge in [0.15, 0.2) is 0 Å². The summed E-state index contributed by atoms with van der Waals surface area (Å²) < 4.78 is 11.5. The van der Waals surface area contributed by atoms with Crippen molar-refractivity contribution in [1.29, 1.82) is 0 Å². The zero-order valence-corrected chi connectivity index (χ0v) is 13.4. The van der Waals surface area contributed by atoms with E-state index in [4.69, 9.17) is 14.6 Å². The van der Waals surface area contributed by atoms with E-state index in [1.807, 2.05) is 20.8 Å². The Labute approximate surface area is 121 Å². The van der Waals surface area contributed by atoms with Gasteiger partial charge < -0.3 is 14.6 Å². The lowest BCUT2D eigenvalue weighted by Crippen LogP contribution is -2.49. The molecule has 0 heterocycles. The van der Waals surface area contributed by atoms with Gasteiger partial charge in [0.05, 0.1) is 24.7 Å². The van der Waals surface area contributed by atoms with Crippen LogP contribution in [0.15, 0.2) is 0 Å². The van der Waals surface area contributed by atoms with Crippen LogP contribution in [0.3, 0.4) is 0 Å². The minimum absolute atomic E-state index is 0.00794. The van der Waals surface area contributed by atoms with Gasteiger partial charge in [-0.2, -0.15) is 0 Å². The molecule has 2 saturated carbocycles. The molecule has 0 aromatic rings. The van der Waals surface area contributed by atoms with Crippen LogP contribution in [0.5, 0.6) is 0 Å². The van der Waals surface area contributed by atoms with E-state index in [9.17, 15) is 4.79 Å². The van der Waals surface area contributed by atoms with E-state index >= 15 is 0 Å². The molecule has 2 fully saturated rings. The summed E-state index contributed by atoms with van der Waals surface area (Å²) in [7, 11) is 0. The first-order chi connectivity index (χ1) is 9.15. The van der Waals surface area contributed by atoms with Crippen LogP contribution >= 0.6 is 0 Å². The van der Waals surface area contributed by atoms with Crippen LogP contribution in [-0.2, 0) is 14.3 Å². The summed E-state index contributed by atoms with van der Waals surface area (Å²) in [6.07, 6.45) is 2.66. The number of aliphatic hydroxyl groups excluding tert-OH is 1. The number of hydrogen-bond donors (Lipinski definition) is 1. The maximum Gasteiger partial charge on any atom is 0.315 e. The van der Waals surface area contributed by atoms with Crippen molar-refractivity contribution in [3.63, 3.8) is 0 Å². The monoisotopic (exact) mass is 284 g/mol. The third kappa shape index (κ3) is 2.27. The maximum absolute atomic E-state index is 12.9. The molecule has 0 saturated heterocycles. The molecule has 0 amide bonds. The van der Waals surface area contributed by atoms with Gasteiger partial charge in [0, 0.05) is 0 Å². The van der Waals surface area contributed by atoms with Crippen LogP contribution < -0.4 is 0 Å². The van der Waals surface area contributed by atoms with Crippen molar-refractivity contribution in [2.45, 2.75) is 65.6 Å². The van der Waals surface area contributed by atoms with Gasteiger partial charge in [-0.1, -0.05) is 13.8 Å². The van der Waals surface area contributed by atoms with Crippen molar-refractivity contribution in [2.24, 2.45) is 16.7 Å². The molecule has 0 unspecified atom stereocenters. The Morgan fingerprint density at radius 1 is 1.35 bits per heavy atom. The third-order valence-corrected chi connectivity index (χ3v) is 5.28. The summed E-state index contributed by atoms with van der Waals surface area (Å²) in [6, 6.07) is 0. The molecule has 116 valence electrons. The Balaban J connectivity index is 2.28. The van der Waals surface area contributed by atoms with Crippen molar-refractivity contribution in [1.82, 2.24) is 0 Å². The molecule has 0 aliphatic heterocycles. The van der Waals surface area contributed by atoms with E-state index in [0.29, 0.717) is 5.92 Å². The van der Waals surface area contributed by atoms with Crippen LogP contribution in [0, 0.1) is 16.7 Å². The predicted molar refractivity (Wildman–Crippen MR) is 76.2 cm³/mol. The topological polar surface area (TPSA) is 55.8 Å². The van der Waals surface area contributed by atoms with Gasteiger partial charge in [0.1, 0.15) is 5.60 Å². The van der Waals surface area contributed by atoms with Crippen molar-refractivity contribution in [2.75, 3.05) is 13.2 Å². The average Bonchev–Trinajstić information content (AvgIpc) is 2.69. The summed E-state index contributed by atoms with van der Waals surface area (Å²) in [5.74, 6) is 0.372. The molecule has 0 aromatic heterocycles. The molecule has 0 spiro atoms. The minimum atomic E-state index is -0.555. The second kappa shape index (κ2) is 4.99. The van der Waals surface area contributed by atoms with Gasteiger partial charge in [-0.05, 0) is 51.4 Å². The minimum Gasteiger partial charge on any atom is -0.459 e. The quantitative estimate of drug-likeness (QED) is 0.806. The highest BCUT2D eigenvalue weighted by Gasteiger charge is 2.69. The lowest BCUT2D eigenvalue weighted by molar-refractivity contribution is -0.184. The van der Waals surface area contributed by atoms with E-state index in [-0.39, 0.29) is 30.7 Å². The lowest BCUT2D eigenvalue weighted by atomic mass is 9.68. The number of aliphatic hydroxyl groups is 1. The summed E-state index contributed by atoms with van der Waals surface area (Å²) in [5.41, 5.74) is -1.14. The second-order valence-electron chi connectivity index (χ2n) is 7.75. The summed E-state index contributed by atoms with van der Waals surface area (Å²) in [4.78, 5) is 12.9. The molecule has 2 bridgehead atoms. The molecule has 1 N–H and O–H groups in total. The van der Waals surface area contributed by atoms with Gasteiger partial charge in [-0.3, -0.25) is 4.79 Å². The molecule has 4 nitrogen and oxygen atoms in total. The number of rotatable bonds is 4. The Bertz CT molecular complexity index is 382. The summed E-state index contributed by atoms with van der Waals surface area (Å²) in [6.45, 7) is 10.3. The Morgan fingerprint density at radius 3 is 2.50 bits per heavy atom. The van der Waals surface area contributed by atoms with Crippen molar-refractivity contribution >= 4 is 5.97 Å². The molecule has 2 aliphatic carbocycles. The van der Waals surface area contributed by atoms with E-state index in [1.165, 1.54) is 0 Å². The standard InChI is InChI=1S/C16H28O4/c1-14(2,3)20-13(18)16-7-6-11(15(16,4)5)10-12(16)19-9-8-17/h11-12,17H,6-10H2,1-5H3/t11-,12-,16+/m0/s1. The van der Waals surface area contributed by atoms with Crippen molar-refractivity contribution in [3.05, 3.63) is 0 Å². The maximum atomic E-state index is 12.9. The molecule has 2 rings (SSSR count). The fourth-order valence-corrected chi connectivity index (χ4v) is 4.17. The van der Waals surface area contributed by atoms with Gasteiger partial charge in [-0.15, -0.1) is 0 Å². The van der Waals surface area contributed by atoms with Gasteiger partial charge >= 0.3 is 5.97 Å². The van der Waals surface area contributed by atoms with E-state index in [2.05, 4.69) is 13.8 Å². The second-order valence-corrected chi connectivity index (χ2v) is 7.75. The highest BCUT2D eigenvalue weighted by atomic mass is 16.6. The number of hydrogen-bond acceptors (Lipinski definition) is 4. The molecule has 4 heteroatoms. The van der Waals surface area contributed by atoms with Crippen LogP contribution in [0.2, 0.25) is 0 Å². The first-order valence-corrected chi connectivity index (χ1v) is 7.61. The highest BCUT2D eigenvalue weighted by Crippen LogP contribution is 2.67. The molecular weight excluding hydrogens is 256 g/mol. The number of carbonyl (C=O) groups is 1. The van der Waals surface area contributed by atoms with Gasteiger partial charge in [0.25, 0.3) is 0 Å². The number of fused-ring (bicyclic) bond motifs is 2. The average molecular weight is 284 g/mol. The highest BCUT2D eigenvalue weighted by molar-refractivity contribution is 5.80. The molecule has 2 aliphatic rings. The zero-order chi connectivity index (χ0) is 15.2. The Morgan fingerprint density at radius 2 is 2.00 bits per heavy atom. The van der Waals surface area contributed by atoms with Crippen molar-refractivity contribution in [3.8, 4) is 0 Å². The lowest BCUT2D eigenvalue weighted by Gasteiger charge is -2.41. The van der Waals surface area contributed by atoms with Gasteiger partial charge in [0.2, 0.25) is 0 Å². The summed E-state index contributed by atoms with van der Waals surface area (Å²) >= 11 is 0. The normalized spacial score (nSPS) is 35.3. The zero-order valence-electron chi connectivity index (χ0n) is 13.4. The molecule has 3 atom stereocenters. The molecule has 0 radical (unpaired) electrons. The Hall–Kier alpha value is -0.610. The van der Waals surface area contributed by atoms with Crippen LogP contribution in [-0.4, -0.2) is 36.0 Å². The fourth-order valence-electron chi connectivity index (χ4n) is 4.17. The number of carbonyl (C=O) groups excluding carboxylic acids is 1. The van der Waals surface area contributed by atoms with Crippen LogP contribution in [0.4, 0.5) is 0 Å². The first kappa shape index (κ1) is 15.8. The SMILES string of the molecule is CC(C)(C)OC(=O)[C@@]12CC[C@@H](C[C@@H]1OCCO)C2(C)C. The molecule has 20 heavy (non-hydrogen) atoms. The van der Waals surface area contributed by atoms with Crippen molar-refractivity contribution < 1.29 is 19.4 Å². The van der Waals surface area contributed by atoms with E-state index in [0.717, 1.165) is 19.3 Å². The summed E-state index contributed by atoms with van der Waals surface area (Å²) in [5, 5.41) is 8.99. The van der Waals surface area contributed by atoms with Crippen LogP contribution in [0.1, 0.15) is 53.9 Å². The number of ether oxygens (including phenoxy) is 2. The van der Waals surface area contributed by atoms with E-state index < -0.39 is 11.0 Å². The Kier molecular flexibility index (Phi) is 3.93. The third-order valence-electron chi connectivity index (χ3n) is 5.28. The smallest absolute Gasteiger partial charge is 0.315 e. The number of esters is 1.